The molecule has 1 rings (SSSR count). The molecular weight excluding hydrogens is 234 g/mol. The SMILES string of the molecule is [N-]=[N+]=NN(CCCCN)C(=O)c1ccccc1O. The predicted octanol–water partition coefficient (Wildman–Crippen LogP) is 1.80. The minimum absolute atomic E-state index is 0.109. The fourth-order valence-electron chi connectivity index (χ4n) is 1.43. The average Bonchev–Trinajstić information content (AvgIpc) is 2.38. The number of carbonyl (C=O) groups is 1. The smallest absolute Gasteiger partial charge is 0.347 e. The van der Waals surface area contributed by atoms with E-state index in [2.05, 4.69) is 10.1 Å². The highest BCUT2D eigenvalue weighted by Crippen LogP contribution is 2.18. The molecule has 0 spiro atoms. The first-order valence-electron chi connectivity index (χ1n) is 5.55. The van der Waals surface area contributed by atoms with E-state index >= 15 is 0 Å². The van der Waals surface area contributed by atoms with Crippen LogP contribution in [-0.2, 0) is 0 Å². The number of nitrogens with zero attached hydrogens (tertiary/aromatic N) is 4. The van der Waals surface area contributed by atoms with Crippen LogP contribution in [0.4, 0.5) is 0 Å². The molecule has 0 aliphatic carbocycles. The highest BCUT2D eigenvalue weighted by molar-refractivity contribution is 5.96. The highest BCUT2D eigenvalue weighted by atomic mass is 16.3. The van der Waals surface area contributed by atoms with Gasteiger partial charge < -0.3 is 10.8 Å². The van der Waals surface area contributed by atoms with Crippen LogP contribution in [0, 0.1) is 0 Å². The van der Waals surface area contributed by atoms with Crippen LogP contribution in [-0.4, -0.2) is 29.1 Å². The van der Waals surface area contributed by atoms with Crippen LogP contribution in [0.1, 0.15) is 23.2 Å². The lowest BCUT2D eigenvalue weighted by atomic mass is 10.2. The number of para-hydroxylation sites is 1. The Balaban J connectivity index is 2.83. The lowest BCUT2D eigenvalue weighted by molar-refractivity contribution is 0.0751. The largest absolute Gasteiger partial charge is 0.507 e. The number of phenolic OH excluding ortho intramolecular Hbond substituents is 1. The van der Waals surface area contributed by atoms with Crippen LogP contribution in [0.25, 0.3) is 10.4 Å². The number of aromatic hydroxyl groups is 1. The summed E-state index contributed by atoms with van der Waals surface area (Å²) in [6.45, 7) is 0.781. The van der Waals surface area contributed by atoms with Gasteiger partial charge in [-0.1, -0.05) is 12.1 Å². The summed E-state index contributed by atoms with van der Waals surface area (Å²) in [5.41, 5.74) is 13.9. The Bertz CT molecular complexity index is 457. The second-order valence-corrected chi connectivity index (χ2v) is 3.62. The summed E-state index contributed by atoms with van der Waals surface area (Å²) in [5, 5.41) is 13.9. The summed E-state index contributed by atoms with van der Waals surface area (Å²) >= 11 is 0. The molecule has 0 fully saturated rings. The quantitative estimate of drug-likeness (QED) is 0.263. The van der Waals surface area contributed by atoms with E-state index in [1.165, 1.54) is 12.1 Å². The van der Waals surface area contributed by atoms with Crippen molar-refractivity contribution in [3.05, 3.63) is 40.3 Å². The molecule has 0 aromatic heterocycles. The lowest BCUT2D eigenvalue weighted by Crippen LogP contribution is -2.26. The average molecular weight is 249 g/mol. The molecule has 96 valence electrons. The zero-order chi connectivity index (χ0) is 13.4. The Morgan fingerprint density at radius 1 is 1.44 bits per heavy atom. The second-order valence-electron chi connectivity index (χ2n) is 3.62. The van der Waals surface area contributed by atoms with Gasteiger partial charge in [-0.3, -0.25) is 0 Å². The standard InChI is InChI=1S/C11H15N5O2/c12-7-3-4-8-16(15-14-13)11(18)9-5-1-2-6-10(9)17/h1-2,5-6,17H,3-4,7-8,12H2. The number of hydrogen-bond donors (Lipinski definition) is 2. The van der Waals surface area contributed by atoms with E-state index in [1.807, 2.05) is 0 Å². The maximum Gasteiger partial charge on any atom is 0.347 e. The minimum atomic E-state index is -0.525. The molecule has 0 saturated heterocycles. The third kappa shape index (κ3) is 3.65. The summed E-state index contributed by atoms with van der Waals surface area (Å²) in [7, 11) is 0. The van der Waals surface area contributed by atoms with Gasteiger partial charge in [0, 0.05) is 0 Å². The zero-order valence-corrected chi connectivity index (χ0v) is 9.86. The van der Waals surface area contributed by atoms with E-state index in [-0.39, 0.29) is 17.9 Å². The van der Waals surface area contributed by atoms with E-state index in [0.29, 0.717) is 13.0 Å². The molecule has 0 radical (unpaired) electrons. The van der Waals surface area contributed by atoms with Crippen molar-refractivity contribution >= 4 is 5.91 Å². The molecule has 0 saturated carbocycles. The van der Waals surface area contributed by atoms with Crippen molar-refractivity contribution in [3.8, 4) is 5.75 Å². The molecule has 0 unspecified atom stereocenters. The molecule has 0 bridgehead atoms. The van der Waals surface area contributed by atoms with Crippen molar-refractivity contribution < 1.29 is 9.90 Å². The van der Waals surface area contributed by atoms with Crippen LogP contribution >= 0.6 is 0 Å². The Morgan fingerprint density at radius 2 is 2.17 bits per heavy atom. The maximum atomic E-state index is 12.0. The third-order valence-corrected chi connectivity index (χ3v) is 2.34. The summed E-state index contributed by atoms with van der Waals surface area (Å²) in [6.07, 6.45) is 1.36. The molecular formula is C11H15N5O2. The van der Waals surface area contributed by atoms with Gasteiger partial charge >= 0.3 is 5.91 Å². The first-order valence-corrected chi connectivity index (χ1v) is 5.55. The highest BCUT2D eigenvalue weighted by Gasteiger charge is 2.21. The number of unbranched alkanes of at least 4 members (excludes halogenated alkanes) is 1. The van der Waals surface area contributed by atoms with Crippen molar-refractivity contribution in [2.24, 2.45) is 11.0 Å². The van der Waals surface area contributed by atoms with E-state index in [0.717, 1.165) is 11.4 Å². The van der Waals surface area contributed by atoms with Crippen molar-refractivity contribution in [1.29, 1.82) is 0 Å². The van der Waals surface area contributed by atoms with Gasteiger partial charge in [0.25, 0.3) is 0 Å². The van der Waals surface area contributed by atoms with Crippen LogP contribution in [0.2, 0.25) is 0 Å². The number of nitrogens with two attached hydrogens (primary N) is 1. The summed E-state index contributed by atoms with van der Waals surface area (Å²) in [4.78, 5) is 14.6. The van der Waals surface area contributed by atoms with Crippen LogP contribution < -0.4 is 5.73 Å². The number of benzene rings is 1. The van der Waals surface area contributed by atoms with Gasteiger partial charge in [-0.2, -0.15) is 9.92 Å². The topological polar surface area (TPSA) is 115 Å². The van der Waals surface area contributed by atoms with Crippen molar-refractivity contribution in [2.75, 3.05) is 13.1 Å². The summed E-state index contributed by atoms with van der Waals surface area (Å²) in [6, 6.07) is 6.11. The first kappa shape index (κ1) is 13.8. The van der Waals surface area contributed by atoms with Gasteiger partial charge in [-0.05, 0) is 36.7 Å². The Morgan fingerprint density at radius 3 is 2.78 bits per heavy atom. The van der Waals surface area contributed by atoms with E-state index < -0.39 is 5.91 Å². The maximum absolute atomic E-state index is 12.0. The minimum Gasteiger partial charge on any atom is -0.507 e. The molecule has 0 atom stereocenters. The Kier molecular flexibility index (Phi) is 5.50. The molecule has 7 heteroatoms. The van der Waals surface area contributed by atoms with Gasteiger partial charge in [-0.25, -0.2) is 4.79 Å². The van der Waals surface area contributed by atoms with Gasteiger partial charge in [-0.15, -0.1) is 5.53 Å². The number of phenols is 1. The van der Waals surface area contributed by atoms with Crippen LogP contribution in [0.5, 0.6) is 5.75 Å². The first-order chi connectivity index (χ1) is 8.70. The third-order valence-electron chi connectivity index (χ3n) is 2.34. The Labute approximate surface area is 104 Å². The molecule has 18 heavy (non-hydrogen) atoms. The Hall–Kier alpha value is -2.24. The molecule has 1 amide bonds. The summed E-state index contributed by atoms with van der Waals surface area (Å²) < 4.78 is 0. The molecule has 0 aliphatic rings. The fraction of sp³-hybridized carbons (Fsp3) is 0.364. The number of rotatable bonds is 6. The van der Waals surface area contributed by atoms with Gasteiger partial charge in [0.2, 0.25) is 0 Å². The lowest BCUT2D eigenvalue weighted by Gasteiger charge is -2.12. The number of azide groups is 1. The van der Waals surface area contributed by atoms with Gasteiger partial charge in [0.05, 0.1) is 6.54 Å². The number of carbonyl (C=O) groups excluding carboxylic acids is 1. The molecule has 0 heterocycles. The second kappa shape index (κ2) is 7.16. The van der Waals surface area contributed by atoms with Crippen molar-refractivity contribution in [2.45, 2.75) is 12.8 Å². The molecule has 3 N–H and O–H groups in total. The fourth-order valence-corrected chi connectivity index (χ4v) is 1.43. The normalized spacial score (nSPS) is 9.61. The van der Waals surface area contributed by atoms with Crippen LogP contribution in [0.3, 0.4) is 0 Å². The number of hydrogen-bond acceptors (Lipinski definition) is 4. The van der Waals surface area contributed by atoms with Crippen LogP contribution in [0.15, 0.2) is 29.5 Å². The summed E-state index contributed by atoms with van der Waals surface area (Å²) in [5.74, 6) is -0.664. The molecule has 7 nitrogen and oxygen atoms in total. The van der Waals surface area contributed by atoms with Gasteiger partial charge in [0.1, 0.15) is 11.3 Å². The predicted molar refractivity (Wildman–Crippen MR) is 66.6 cm³/mol. The van der Waals surface area contributed by atoms with E-state index in [9.17, 15) is 9.90 Å². The van der Waals surface area contributed by atoms with Crippen molar-refractivity contribution in [1.82, 2.24) is 5.01 Å². The van der Waals surface area contributed by atoms with Crippen molar-refractivity contribution in [3.63, 3.8) is 0 Å². The zero-order valence-electron chi connectivity index (χ0n) is 9.86. The number of amides is 1. The monoisotopic (exact) mass is 249 g/mol. The molecule has 0 aliphatic heterocycles. The molecule has 1 aromatic rings. The molecule has 1 aromatic carbocycles. The van der Waals surface area contributed by atoms with E-state index in [4.69, 9.17) is 11.3 Å². The van der Waals surface area contributed by atoms with Gasteiger partial charge in [0.15, 0.2) is 0 Å². The van der Waals surface area contributed by atoms with E-state index in [1.54, 1.807) is 12.1 Å².